The summed E-state index contributed by atoms with van der Waals surface area (Å²) in [7, 11) is 0. The molecule has 0 aliphatic heterocycles. The largest absolute Gasteiger partial charge is 0.491 e. The van der Waals surface area contributed by atoms with E-state index in [0.29, 0.717) is 6.61 Å². The standard InChI is InChI=1S/C42H32O2/c1-27-25-30(19-22-40(27)44-24-23-43)34-20-21-38(36-17-7-12-29-10-3-5-15-33(29)36)42-39(34)26-31-13-8-18-37(41(31)42)35-16-6-11-28-9-2-4-14-32(28)35/h2-22,25,43H,23-24,26H2,1H3. The molecular formula is C42H32O2. The molecule has 0 fully saturated rings. The second kappa shape index (κ2) is 10.8. The second-order valence-electron chi connectivity index (χ2n) is 11.6. The molecular weight excluding hydrogens is 536 g/mol. The minimum absolute atomic E-state index is 0.00161. The van der Waals surface area contributed by atoms with Crippen molar-refractivity contribution < 1.29 is 9.84 Å². The molecule has 44 heavy (non-hydrogen) atoms. The van der Waals surface area contributed by atoms with E-state index in [1.165, 1.54) is 77.2 Å². The maximum absolute atomic E-state index is 9.27. The zero-order chi connectivity index (χ0) is 29.6. The van der Waals surface area contributed by atoms with Gasteiger partial charge in [-0.05, 0) is 108 Å². The third kappa shape index (κ3) is 4.30. The molecule has 1 aliphatic carbocycles. The highest BCUT2D eigenvalue weighted by molar-refractivity contribution is 6.08. The lowest BCUT2D eigenvalue weighted by atomic mass is 9.85. The van der Waals surface area contributed by atoms with Crippen molar-refractivity contribution in [3.05, 3.63) is 150 Å². The number of rotatable bonds is 6. The van der Waals surface area contributed by atoms with Gasteiger partial charge in [0.05, 0.1) is 6.61 Å². The third-order valence-electron chi connectivity index (χ3n) is 9.08. The van der Waals surface area contributed by atoms with Gasteiger partial charge in [0.25, 0.3) is 0 Å². The highest BCUT2D eigenvalue weighted by Gasteiger charge is 2.29. The SMILES string of the molecule is Cc1cc(-c2ccc(-c3cccc4ccccc34)c3c2Cc2cccc(-c4cccc5ccccc45)c2-3)ccc1OCCO. The number of ether oxygens (including phenoxy) is 1. The molecule has 7 aromatic carbocycles. The minimum Gasteiger partial charge on any atom is -0.491 e. The summed E-state index contributed by atoms with van der Waals surface area (Å²) < 4.78 is 5.79. The lowest BCUT2D eigenvalue weighted by Gasteiger charge is -2.19. The van der Waals surface area contributed by atoms with Crippen LogP contribution in [0.1, 0.15) is 16.7 Å². The molecule has 0 unspecified atom stereocenters. The number of hydrogen-bond acceptors (Lipinski definition) is 2. The van der Waals surface area contributed by atoms with Crippen LogP contribution < -0.4 is 4.74 Å². The van der Waals surface area contributed by atoms with Crippen molar-refractivity contribution in [3.8, 4) is 50.3 Å². The van der Waals surface area contributed by atoms with Gasteiger partial charge in [0.1, 0.15) is 12.4 Å². The molecule has 0 atom stereocenters. The van der Waals surface area contributed by atoms with Crippen LogP contribution in [-0.2, 0) is 6.42 Å². The normalized spacial score (nSPS) is 12.0. The summed E-state index contributed by atoms with van der Waals surface area (Å²) in [5.74, 6) is 0.813. The first-order chi connectivity index (χ1) is 21.7. The summed E-state index contributed by atoms with van der Waals surface area (Å²) in [6.07, 6.45) is 0.874. The zero-order valence-electron chi connectivity index (χ0n) is 24.7. The molecule has 2 nitrogen and oxygen atoms in total. The molecule has 0 saturated heterocycles. The molecule has 0 saturated carbocycles. The molecule has 0 spiro atoms. The Labute approximate surface area is 257 Å². The van der Waals surface area contributed by atoms with E-state index in [1.807, 2.05) is 6.07 Å². The molecule has 0 amide bonds. The minimum atomic E-state index is 0.00161. The van der Waals surface area contributed by atoms with Gasteiger partial charge in [-0.15, -0.1) is 0 Å². The molecule has 0 bridgehead atoms. The number of benzene rings is 7. The Balaban J connectivity index is 1.41. The van der Waals surface area contributed by atoms with Gasteiger partial charge < -0.3 is 9.84 Å². The van der Waals surface area contributed by atoms with Crippen LogP contribution in [0.3, 0.4) is 0 Å². The average Bonchev–Trinajstić information content (AvgIpc) is 3.47. The number of aliphatic hydroxyl groups is 1. The quantitative estimate of drug-likeness (QED) is 0.216. The molecule has 0 aromatic heterocycles. The van der Waals surface area contributed by atoms with Gasteiger partial charge in [0.15, 0.2) is 0 Å². The van der Waals surface area contributed by atoms with Gasteiger partial charge in [-0.25, -0.2) is 0 Å². The molecule has 0 radical (unpaired) electrons. The summed E-state index contributed by atoms with van der Waals surface area (Å²) in [6, 6.07) is 48.6. The van der Waals surface area contributed by atoms with E-state index in [-0.39, 0.29) is 6.61 Å². The maximum atomic E-state index is 9.27. The zero-order valence-corrected chi connectivity index (χ0v) is 24.7. The Morgan fingerprint density at radius 1 is 0.568 bits per heavy atom. The van der Waals surface area contributed by atoms with E-state index in [4.69, 9.17) is 4.74 Å². The Bertz CT molecular complexity index is 2200. The molecule has 8 rings (SSSR count). The van der Waals surface area contributed by atoms with Crippen LogP contribution in [-0.4, -0.2) is 18.3 Å². The highest BCUT2D eigenvalue weighted by atomic mass is 16.5. The van der Waals surface area contributed by atoms with Gasteiger partial charge in [-0.3, -0.25) is 0 Å². The predicted molar refractivity (Wildman–Crippen MR) is 183 cm³/mol. The van der Waals surface area contributed by atoms with Crippen molar-refractivity contribution in [1.82, 2.24) is 0 Å². The summed E-state index contributed by atoms with van der Waals surface area (Å²) in [4.78, 5) is 0. The fourth-order valence-corrected chi connectivity index (χ4v) is 7.12. The van der Waals surface area contributed by atoms with Gasteiger partial charge >= 0.3 is 0 Å². The molecule has 212 valence electrons. The van der Waals surface area contributed by atoms with Gasteiger partial charge in [-0.2, -0.15) is 0 Å². The fraction of sp³-hybridized carbons (Fsp3) is 0.0952. The van der Waals surface area contributed by atoms with Gasteiger partial charge in [0, 0.05) is 0 Å². The molecule has 7 aromatic rings. The van der Waals surface area contributed by atoms with Crippen LogP contribution in [0.25, 0.3) is 66.1 Å². The maximum Gasteiger partial charge on any atom is 0.122 e. The van der Waals surface area contributed by atoms with Crippen molar-refractivity contribution in [2.75, 3.05) is 13.2 Å². The van der Waals surface area contributed by atoms with Gasteiger partial charge in [0.2, 0.25) is 0 Å². The molecule has 1 N–H and O–H groups in total. The highest BCUT2D eigenvalue weighted by Crippen LogP contribution is 2.52. The van der Waals surface area contributed by atoms with Crippen LogP contribution in [0.4, 0.5) is 0 Å². The first-order valence-electron chi connectivity index (χ1n) is 15.3. The van der Waals surface area contributed by atoms with Crippen LogP contribution in [0.15, 0.2) is 133 Å². The van der Waals surface area contributed by atoms with Crippen LogP contribution in [0.5, 0.6) is 5.75 Å². The van der Waals surface area contributed by atoms with Crippen LogP contribution >= 0.6 is 0 Å². The number of fused-ring (bicyclic) bond motifs is 5. The van der Waals surface area contributed by atoms with Crippen molar-refractivity contribution in [1.29, 1.82) is 0 Å². The Kier molecular flexibility index (Phi) is 6.51. The van der Waals surface area contributed by atoms with Crippen molar-refractivity contribution in [2.45, 2.75) is 13.3 Å². The predicted octanol–water partition coefficient (Wildman–Crippen LogP) is 10.2. The number of aliphatic hydroxyl groups excluding tert-OH is 1. The fourth-order valence-electron chi connectivity index (χ4n) is 7.12. The third-order valence-corrected chi connectivity index (χ3v) is 9.08. The Morgan fingerprint density at radius 3 is 1.84 bits per heavy atom. The monoisotopic (exact) mass is 568 g/mol. The van der Waals surface area contributed by atoms with E-state index in [1.54, 1.807) is 0 Å². The second-order valence-corrected chi connectivity index (χ2v) is 11.6. The summed E-state index contributed by atoms with van der Waals surface area (Å²) in [5.41, 5.74) is 14.0. The Morgan fingerprint density at radius 2 is 1.16 bits per heavy atom. The molecule has 1 aliphatic rings. The number of hydrogen-bond donors (Lipinski definition) is 1. The smallest absolute Gasteiger partial charge is 0.122 e. The summed E-state index contributed by atoms with van der Waals surface area (Å²) in [6.45, 7) is 2.37. The molecule has 0 heterocycles. The lowest BCUT2D eigenvalue weighted by molar-refractivity contribution is 0.200. The summed E-state index contributed by atoms with van der Waals surface area (Å²) >= 11 is 0. The lowest BCUT2D eigenvalue weighted by Crippen LogP contribution is -2.02. The van der Waals surface area contributed by atoms with E-state index >= 15 is 0 Å². The van der Waals surface area contributed by atoms with Crippen molar-refractivity contribution >= 4 is 21.5 Å². The van der Waals surface area contributed by atoms with Crippen molar-refractivity contribution in [3.63, 3.8) is 0 Å². The van der Waals surface area contributed by atoms with Gasteiger partial charge in [-0.1, -0.05) is 121 Å². The average molecular weight is 569 g/mol. The summed E-state index contributed by atoms with van der Waals surface area (Å²) in [5, 5.41) is 14.3. The molecule has 2 heteroatoms. The van der Waals surface area contributed by atoms with Crippen LogP contribution in [0.2, 0.25) is 0 Å². The van der Waals surface area contributed by atoms with E-state index < -0.39 is 0 Å². The van der Waals surface area contributed by atoms with E-state index in [9.17, 15) is 5.11 Å². The Hall–Kier alpha value is -5.18. The number of aryl methyl sites for hydroxylation is 1. The first kappa shape index (κ1) is 26.4. The van der Waals surface area contributed by atoms with E-state index in [2.05, 4.69) is 134 Å². The van der Waals surface area contributed by atoms with Crippen molar-refractivity contribution in [2.24, 2.45) is 0 Å². The topological polar surface area (TPSA) is 29.5 Å². The van der Waals surface area contributed by atoms with E-state index in [0.717, 1.165) is 17.7 Å². The van der Waals surface area contributed by atoms with Crippen LogP contribution in [0, 0.1) is 6.92 Å². The first-order valence-corrected chi connectivity index (χ1v) is 15.3.